The third kappa shape index (κ3) is 4.63. The molecule has 0 bridgehead atoms. The molecule has 33 heavy (non-hydrogen) atoms. The quantitative estimate of drug-likeness (QED) is 0.379. The molecule has 0 unspecified atom stereocenters. The number of amides is 1. The standard InChI is InChI=1S/C21H22N8O2S2/c1-11(2)23-16-8-18(24-12-3-4-15-17(7-12)28-33-27-15)22-9-14(16)19-25-26-20(32-19)21(31)29-6-5-13(30)10-29/h3-4,7-9,11,13,30H,5-6,10H2,1-2H3,(H2,22,23,24)/t13-/m0/s1. The summed E-state index contributed by atoms with van der Waals surface area (Å²) in [6, 6.07) is 7.88. The molecule has 0 spiro atoms. The number of likely N-dealkylation sites (tertiary alicyclic amines) is 1. The smallest absolute Gasteiger partial charge is 0.284 e. The number of aliphatic hydroxyl groups excluding tert-OH is 1. The van der Waals surface area contributed by atoms with Gasteiger partial charge in [0.25, 0.3) is 5.91 Å². The number of aliphatic hydroxyl groups is 1. The van der Waals surface area contributed by atoms with Gasteiger partial charge in [-0.15, -0.1) is 10.2 Å². The summed E-state index contributed by atoms with van der Waals surface area (Å²) >= 11 is 2.41. The van der Waals surface area contributed by atoms with Gasteiger partial charge in [-0.1, -0.05) is 11.3 Å². The number of carbonyl (C=O) groups is 1. The fourth-order valence-corrected chi connectivity index (χ4v) is 4.97. The van der Waals surface area contributed by atoms with E-state index >= 15 is 0 Å². The molecule has 0 radical (unpaired) electrons. The van der Waals surface area contributed by atoms with Crippen LogP contribution in [0.5, 0.6) is 0 Å². The number of pyridine rings is 1. The van der Waals surface area contributed by atoms with E-state index in [0.717, 1.165) is 28.0 Å². The monoisotopic (exact) mass is 482 g/mol. The van der Waals surface area contributed by atoms with Gasteiger partial charge in [0.2, 0.25) is 5.01 Å². The predicted octanol–water partition coefficient (Wildman–Crippen LogP) is 3.38. The molecule has 170 valence electrons. The molecule has 5 rings (SSSR count). The van der Waals surface area contributed by atoms with E-state index in [1.165, 1.54) is 23.1 Å². The summed E-state index contributed by atoms with van der Waals surface area (Å²) < 4.78 is 8.51. The summed E-state index contributed by atoms with van der Waals surface area (Å²) in [4.78, 5) is 18.9. The fraction of sp³-hybridized carbons (Fsp3) is 0.333. The van der Waals surface area contributed by atoms with Crippen molar-refractivity contribution in [3.05, 3.63) is 35.5 Å². The lowest BCUT2D eigenvalue weighted by atomic mass is 10.2. The van der Waals surface area contributed by atoms with E-state index in [0.29, 0.717) is 35.3 Å². The van der Waals surface area contributed by atoms with Crippen molar-refractivity contribution in [2.45, 2.75) is 32.4 Å². The fourth-order valence-electron chi connectivity index (χ4n) is 3.61. The van der Waals surface area contributed by atoms with Crippen LogP contribution in [-0.4, -0.2) is 65.1 Å². The second kappa shape index (κ2) is 8.96. The van der Waals surface area contributed by atoms with Crippen molar-refractivity contribution in [3.8, 4) is 10.6 Å². The van der Waals surface area contributed by atoms with Crippen molar-refractivity contribution < 1.29 is 9.90 Å². The van der Waals surface area contributed by atoms with Gasteiger partial charge in [-0.2, -0.15) is 8.75 Å². The van der Waals surface area contributed by atoms with E-state index in [-0.39, 0.29) is 11.9 Å². The third-order valence-corrected chi connectivity index (χ3v) is 6.66. The van der Waals surface area contributed by atoms with Crippen molar-refractivity contribution in [2.24, 2.45) is 0 Å². The molecule has 12 heteroatoms. The summed E-state index contributed by atoms with van der Waals surface area (Å²) in [6.45, 7) is 4.96. The molecular formula is C21H22N8O2S2. The van der Waals surface area contributed by atoms with Crippen molar-refractivity contribution in [1.29, 1.82) is 0 Å². The maximum Gasteiger partial charge on any atom is 0.284 e. The predicted molar refractivity (Wildman–Crippen MR) is 129 cm³/mol. The zero-order valence-electron chi connectivity index (χ0n) is 18.0. The summed E-state index contributed by atoms with van der Waals surface area (Å²) in [7, 11) is 0. The number of benzene rings is 1. The Kier molecular flexibility index (Phi) is 5.87. The molecule has 1 aromatic carbocycles. The number of rotatable bonds is 6. The Morgan fingerprint density at radius 1 is 1.21 bits per heavy atom. The molecule has 4 heterocycles. The van der Waals surface area contributed by atoms with Crippen molar-refractivity contribution in [2.75, 3.05) is 23.7 Å². The van der Waals surface area contributed by atoms with Crippen LogP contribution in [0.25, 0.3) is 21.6 Å². The van der Waals surface area contributed by atoms with Gasteiger partial charge in [-0.3, -0.25) is 4.79 Å². The van der Waals surface area contributed by atoms with Crippen LogP contribution < -0.4 is 10.6 Å². The lowest BCUT2D eigenvalue weighted by molar-refractivity contribution is 0.0763. The van der Waals surface area contributed by atoms with Crippen LogP contribution in [0.3, 0.4) is 0 Å². The number of anilines is 3. The average molecular weight is 483 g/mol. The van der Waals surface area contributed by atoms with Crippen LogP contribution in [-0.2, 0) is 0 Å². The number of nitrogens with one attached hydrogen (secondary N) is 2. The molecule has 1 fully saturated rings. The molecule has 1 aliphatic rings. The van der Waals surface area contributed by atoms with Crippen LogP contribution in [0.1, 0.15) is 30.1 Å². The van der Waals surface area contributed by atoms with E-state index in [1.807, 2.05) is 38.1 Å². The van der Waals surface area contributed by atoms with Gasteiger partial charge in [0.15, 0.2) is 5.01 Å². The van der Waals surface area contributed by atoms with Crippen molar-refractivity contribution in [3.63, 3.8) is 0 Å². The molecule has 1 amide bonds. The number of β-amino-alcohol motifs (C(OH)–C–C–N with tert-alkyl or cyclic N) is 1. The van der Waals surface area contributed by atoms with E-state index in [1.54, 1.807) is 11.1 Å². The van der Waals surface area contributed by atoms with Crippen molar-refractivity contribution in [1.82, 2.24) is 28.8 Å². The molecule has 1 saturated heterocycles. The van der Waals surface area contributed by atoms with Gasteiger partial charge < -0.3 is 20.6 Å². The highest BCUT2D eigenvalue weighted by Gasteiger charge is 2.28. The number of aromatic nitrogens is 5. The van der Waals surface area contributed by atoms with E-state index < -0.39 is 6.10 Å². The van der Waals surface area contributed by atoms with Crippen LogP contribution in [0.2, 0.25) is 0 Å². The Bertz CT molecular complexity index is 1300. The molecule has 4 aromatic rings. The van der Waals surface area contributed by atoms with Crippen LogP contribution >= 0.6 is 23.1 Å². The van der Waals surface area contributed by atoms with E-state index in [2.05, 4.69) is 34.6 Å². The Morgan fingerprint density at radius 2 is 2.06 bits per heavy atom. The highest BCUT2D eigenvalue weighted by Crippen LogP contribution is 2.33. The Hall–Kier alpha value is -3.22. The molecule has 1 aliphatic heterocycles. The maximum absolute atomic E-state index is 12.7. The summed E-state index contributed by atoms with van der Waals surface area (Å²) in [5, 5.41) is 25.7. The number of nitrogens with zero attached hydrogens (tertiary/aromatic N) is 6. The maximum atomic E-state index is 12.7. The summed E-state index contributed by atoms with van der Waals surface area (Å²) in [5.41, 5.74) is 4.17. The van der Waals surface area contributed by atoms with Gasteiger partial charge in [0.1, 0.15) is 16.9 Å². The first-order valence-electron chi connectivity index (χ1n) is 10.5. The SMILES string of the molecule is CC(C)Nc1cc(Nc2ccc3nsnc3c2)ncc1-c1nnc(C(=O)N2CC[C@H](O)C2)s1. The molecule has 1 atom stereocenters. The van der Waals surface area contributed by atoms with Gasteiger partial charge >= 0.3 is 0 Å². The molecule has 0 saturated carbocycles. The first-order chi connectivity index (χ1) is 16.0. The average Bonchev–Trinajstić information content (AvgIpc) is 3.53. The Morgan fingerprint density at radius 3 is 2.85 bits per heavy atom. The minimum absolute atomic E-state index is 0.177. The number of carbonyl (C=O) groups excluding carboxylic acids is 1. The highest BCUT2D eigenvalue weighted by atomic mass is 32.1. The van der Waals surface area contributed by atoms with Gasteiger partial charge in [0, 0.05) is 42.8 Å². The minimum atomic E-state index is -0.472. The summed E-state index contributed by atoms with van der Waals surface area (Å²) in [6.07, 6.45) is 1.84. The minimum Gasteiger partial charge on any atom is -0.391 e. The first-order valence-corrected chi connectivity index (χ1v) is 12.1. The largest absolute Gasteiger partial charge is 0.391 e. The molecule has 3 N–H and O–H groups in total. The second-order valence-electron chi connectivity index (χ2n) is 8.11. The topological polar surface area (TPSA) is 129 Å². The Balaban J connectivity index is 1.41. The van der Waals surface area contributed by atoms with Gasteiger partial charge in [-0.05, 0) is 38.5 Å². The van der Waals surface area contributed by atoms with Gasteiger partial charge in [0.05, 0.1) is 23.4 Å². The van der Waals surface area contributed by atoms with Crippen molar-refractivity contribution >= 4 is 57.2 Å². The number of fused-ring (bicyclic) bond motifs is 1. The van der Waals surface area contributed by atoms with E-state index in [9.17, 15) is 9.90 Å². The summed E-state index contributed by atoms with van der Waals surface area (Å²) in [5.74, 6) is 0.461. The zero-order chi connectivity index (χ0) is 22.9. The van der Waals surface area contributed by atoms with Crippen LogP contribution in [0, 0.1) is 0 Å². The zero-order valence-corrected chi connectivity index (χ0v) is 19.7. The first kappa shape index (κ1) is 21.6. The van der Waals surface area contributed by atoms with Gasteiger partial charge in [-0.25, -0.2) is 4.98 Å². The van der Waals surface area contributed by atoms with E-state index in [4.69, 9.17) is 0 Å². The molecular weight excluding hydrogens is 460 g/mol. The number of hydrogen-bond acceptors (Lipinski definition) is 11. The third-order valence-electron chi connectivity index (χ3n) is 5.16. The van der Waals surface area contributed by atoms with Crippen LogP contribution in [0.4, 0.5) is 17.2 Å². The highest BCUT2D eigenvalue weighted by molar-refractivity contribution is 7.16. The Labute approximate surface area is 198 Å². The molecule has 3 aromatic heterocycles. The normalized spacial score (nSPS) is 16.0. The molecule has 0 aliphatic carbocycles. The second-order valence-corrected chi connectivity index (χ2v) is 9.62. The van der Waals surface area contributed by atoms with Crippen LogP contribution in [0.15, 0.2) is 30.5 Å². The molecule has 10 nitrogen and oxygen atoms in total. The number of hydrogen-bond donors (Lipinski definition) is 3. The lowest BCUT2D eigenvalue weighted by Gasteiger charge is -2.15. The lowest BCUT2D eigenvalue weighted by Crippen LogP contribution is -2.29.